The molecule has 6 heteroatoms. The van der Waals surface area contributed by atoms with E-state index < -0.39 is 16.4 Å². The highest BCUT2D eigenvalue weighted by Gasteiger charge is 2.66. The van der Waals surface area contributed by atoms with E-state index in [2.05, 4.69) is 12.3 Å². The van der Waals surface area contributed by atoms with Crippen molar-refractivity contribution in [1.82, 2.24) is 4.90 Å². The third-order valence-electron chi connectivity index (χ3n) is 3.48. The summed E-state index contributed by atoms with van der Waals surface area (Å²) in [7, 11) is 2.84. The number of ketones is 1. The van der Waals surface area contributed by atoms with Gasteiger partial charge in [0.25, 0.3) is 0 Å². The Kier molecular flexibility index (Phi) is 5.47. The number of carbonyl (C=O) groups is 1. The van der Waals surface area contributed by atoms with Crippen molar-refractivity contribution in [3.8, 4) is 0 Å². The van der Waals surface area contributed by atoms with Crippen molar-refractivity contribution in [2.24, 2.45) is 0 Å². The molecule has 0 radical (unpaired) electrons. The maximum Gasteiger partial charge on any atom is 0.243 e. The van der Waals surface area contributed by atoms with Crippen LogP contribution >= 0.6 is 23.2 Å². The molecular formula is C14H19Cl2NO3. The number of allylic oxidation sites excluding steroid dienone is 1. The summed E-state index contributed by atoms with van der Waals surface area (Å²) in [6, 6.07) is 0. The third-order valence-corrected chi connectivity index (χ3v) is 4.36. The normalized spacial score (nSPS) is 24.8. The Balaban J connectivity index is 3.63. The highest BCUT2D eigenvalue weighted by Crippen LogP contribution is 2.51. The van der Waals surface area contributed by atoms with Gasteiger partial charge >= 0.3 is 0 Å². The highest BCUT2D eigenvalue weighted by molar-refractivity contribution is 6.53. The minimum atomic E-state index is -1.62. The summed E-state index contributed by atoms with van der Waals surface area (Å²) >= 11 is 12.7. The molecule has 0 saturated heterocycles. The number of rotatable bonds is 6. The van der Waals surface area contributed by atoms with Crippen LogP contribution in [0.1, 0.15) is 13.8 Å². The van der Waals surface area contributed by atoms with E-state index in [-0.39, 0.29) is 5.03 Å². The molecule has 0 aliphatic heterocycles. The smallest absolute Gasteiger partial charge is 0.243 e. The number of carbonyl (C=O) groups excluding carboxylic acids is 1. The summed E-state index contributed by atoms with van der Waals surface area (Å²) in [4.78, 5) is 12.8. The van der Waals surface area contributed by atoms with Gasteiger partial charge in [0.15, 0.2) is 4.87 Å². The maximum absolute atomic E-state index is 12.5. The number of hydrogen-bond donors (Lipinski definition) is 0. The van der Waals surface area contributed by atoms with E-state index >= 15 is 0 Å². The number of hydrogen-bond acceptors (Lipinski definition) is 4. The van der Waals surface area contributed by atoms with Crippen LogP contribution in [0.15, 0.2) is 29.1 Å². The molecule has 1 atom stereocenters. The number of alkyl halides is 1. The Morgan fingerprint density at radius 3 is 2.20 bits per heavy atom. The van der Waals surface area contributed by atoms with Crippen molar-refractivity contribution < 1.29 is 14.3 Å². The fourth-order valence-corrected chi connectivity index (χ4v) is 3.35. The van der Waals surface area contributed by atoms with Gasteiger partial charge in [-0.2, -0.15) is 0 Å². The number of likely N-dealkylation sites (N-methyl/N-ethyl adjacent to an activating group) is 1. The van der Waals surface area contributed by atoms with Crippen LogP contribution in [0.4, 0.5) is 0 Å². The summed E-state index contributed by atoms with van der Waals surface area (Å²) in [6.45, 7) is 8.62. The molecule has 1 aliphatic carbocycles. The van der Waals surface area contributed by atoms with Crippen LogP contribution in [0, 0.1) is 0 Å². The molecule has 0 N–H and O–H groups in total. The van der Waals surface area contributed by atoms with E-state index in [0.29, 0.717) is 18.8 Å². The summed E-state index contributed by atoms with van der Waals surface area (Å²) in [5.41, 5.74) is 2.96. The summed E-state index contributed by atoms with van der Waals surface area (Å²) < 4.78 is 11.0. The van der Waals surface area contributed by atoms with Gasteiger partial charge in [-0.25, -0.2) is 0 Å². The first-order valence-electron chi connectivity index (χ1n) is 6.26. The van der Waals surface area contributed by atoms with Crippen molar-refractivity contribution in [1.29, 1.82) is 0 Å². The van der Waals surface area contributed by atoms with Gasteiger partial charge in [0.1, 0.15) is 5.03 Å². The second kappa shape index (κ2) is 6.33. The van der Waals surface area contributed by atoms with Crippen LogP contribution in [-0.2, 0) is 14.3 Å². The Bertz CT molecular complexity index is 475. The first kappa shape index (κ1) is 17.3. The van der Waals surface area contributed by atoms with E-state index in [1.165, 1.54) is 20.3 Å². The predicted molar refractivity (Wildman–Crippen MR) is 79.9 cm³/mol. The lowest BCUT2D eigenvalue weighted by molar-refractivity contribution is -0.198. The van der Waals surface area contributed by atoms with Gasteiger partial charge in [0.05, 0.1) is 5.70 Å². The molecule has 1 aliphatic rings. The molecule has 0 amide bonds. The molecule has 0 bridgehead atoms. The Labute approximate surface area is 129 Å². The largest absolute Gasteiger partial charge is 0.370 e. The monoisotopic (exact) mass is 319 g/mol. The number of Topliss-reactive ketones (excluding diaryl/α,β-unsaturated/α-hetero) is 1. The van der Waals surface area contributed by atoms with E-state index in [0.717, 1.165) is 0 Å². The van der Waals surface area contributed by atoms with Crippen molar-refractivity contribution in [2.75, 3.05) is 27.3 Å². The molecule has 1 unspecified atom stereocenters. The van der Waals surface area contributed by atoms with E-state index in [1.54, 1.807) is 0 Å². The average Bonchev–Trinajstić information content (AvgIpc) is 2.61. The number of ether oxygens (including phenoxy) is 2. The van der Waals surface area contributed by atoms with E-state index in [9.17, 15) is 4.79 Å². The molecule has 0 aromatic heterocycles. The molecule has 0 heterocycles. The maximum atomic E-state index is 12.5. The molecule has 0 saturated carbocycles. The summed E-state index contributed by atoms with van der Waals surface area (Å²) in [5.74, 6) is -1.98. The zero-order valence-corrected chi connectivity index (χ0v) is 13.6. The first-order chi connectivity index (χ1) is 9.39. The third kappa shape index (κ3) is 2.12. The number of nitrogens with zero attached hydrogens (tertiary/aromatic N) is 1. The Morgan fingerprint density at radius 1 is 1.35 bits per heavy atom. The van der Waals surface area contributed by atoms with Gasteiger partial charge in [0, 0.05) is 27.3 Å². The topological polar surface area (TPSA) is 38.8 Å². The van der Waals surface area contributed by atoms with Gasteiger partial charge in [-0.3, -0.25) is 4.79 Å². The lowest BCUT2D eigenvalue weighted by Crippen LogP contribution is -2.56. The predicted octanol–water partition coefficient (Wildman–Crippen LogP) is 2.67. The minimum absolute atomic E-state index is 0.0129. The van der Waals surface area contributed by atoms with Gasteiger partial charge in [-0.1, -0.05) is 29.8 Å². The summed E-state index contributed by atoms with van der Waals surface area (Å²) in [6.07, 6.45) is 1.32. The lowest BCUT2D eigenvalue weighted by Gasteiger charge is -2.41. The van der Waals surface area contributed by atoms with Crippen molar-refractivity contribution >= 4 is 29.0 Å². The quantitative estimate of drug-likeness (QED) is 0.428. The molecular weight excluding hydrogens is 301 g/mol. The van der Waals surface area contributed by atoms with Crippen molar-refractivity contribution in [2.45, 2.75) is 24.5 Å². The van der Waals surface area contributed by atoms with Gasteiger partial charge in [0.2, 0.25) is 11.6 Å². The zero-order valence-electron chi connectivity index (χ0n) is 12.1. The second-order valence-corrected chi connectivity index (χ2v) is 5.22. The fourth-order valence-electron chi connectivity index (χ4n) is 2.50. The lowest BCUT2D eigenvalue weighted by atomic mass is 9.97. The molecule has 112 valence electrons. The minimum Gasteiger partial charge on any atom is -0.370 e. The molecule has 4 nitrogen and oxygen atoms in total. The van der Waals surface area contributed by atoms with Crippen LogP contribution in [0.5, 0.6) is 0 Å². The van der Waals surface area contributed by atoms with Gasteiger partial charge in [-0.05, 0) is 19.9 Å². The van der Waals surface area contributed by atoms with Crippen LogP contribution in [0.3, 0.4) is 0 Å². The van der Waals surface area contributed by atoms with Gasteiger partial charge in [-0.15, -0.1) is 5.73 Å². The Morgan fingerprint density at radius 2 is 1.85 bits per heavy atom. The summed E-state index contributed by atoms with van der Waals surface area (Å²) in [5, 5.41) is 0.0129. The fraction of sp³-hybridized carbons (Fsp3) is 0.571. The highest BCUT2D eigenvalue weighted by atomic mass is 35.5. The van der Waals surface area contributed by atoms with Crippen molar-refractivity contribution in [3.05, 3.63) is 29.1 Å². The molecule has 0 aromatic carbocycles. The average molecular weight is 320 g/mol. The molecule has 0 aromatic rings. The molecule has 0 fully saturated rings. The van der Waals surface area contributed by atoms with Crippen LogP contribution in [0.2, 0.25) is 0 Å². The number of halogens is 2. The second-order valence-electron chi connectivity index (χ2n) is 4.25. The van der Waals surface area contributed by atoms with E-state index in [4.69, 9.17) is 32.7 Å². The zero-order chi connectivity index (χ0) is 15.6. The first-order valence-corrected chi connectivity index (χ1v) is 7.01. The van der Waals surface area contributed by atoms with E-state index in [1.807, 2.05) is 18.7 Å². The SMILES string of the molecule is C=C=CC1(Cl)C(=O)C(Cl)=C(N(CC)CC)C1(OC)OC. The van der Waals surface area contributed by atoms with Crippen LogP contribution in [0.25, 0.3) is 0 Å². The van der Waals surface area contributed by atoms with Crippen molar-refractivity contribution in [3.63, 3.8) is 0 Å². The molecule has 1 rings (SSSR count). The van der Waals surface area contributed by atoms with Gasteiger partial charge < -0.3 is 14.4 Å². The Hall–Kier alpha value is -0.770. The van der Waals surface area contributed by atoms with Crippen LogP contribution < -0.4 is 0 Å². The standard InChI is InChI=1S/C14H19Cl2NO3/c1-6-9-13(16)12(18)10(15)11(17(7-2)8-3)14(13,19-4)20-5/h9H,1,7-8H2,2-5H3. The van der Waals surface area contributed by atoms with Crippen LogP contribution in [-0.4, -0.2) is 48.7 Å². The molecule has 0 spiro atoms. The molecule has 20 heavy (non-hydrogen) atoms. The number of methoxy groups -OCH3 is 2.